The van der Waals surface area contributed by atoms with Gasteiger partial charge in [-0.05, 0) is 24.3 Å². The first-order valence-corrected chi connectivity index (χ1v) is 7.17. The van der Waals surface area contributed by atoms with Crippen LogP contribution in [0.3, 0.4) is 0 Å². The van der Waals surface area contributed by atoms with E-state index in [0.29, 0.717) is 12.5 Å². The van der Waals surface area contributed by atoms with E-state index in [0.717, 1.165) is 16.4 Å². The van der Waals surface area contributed by atoms with Crippen LogP contribution < -0.4 is 15.8 Å². The second-order valence-corrected chi connectivity index (χ2v) is 5.28. The van der Waals surface area contributed by atoms with Crippen molar-refractivity contribution in [2.45, 2.75) is 12.8 Å². The third-order valence-corrected chi connectivity index (χ3v) is 3.78. The van der Waals surface area contributed by atoms with E-state index in [1.54, 1.807) is 24.6 Å². The summed E-state index contributed by atoms with van der Waals surface area (Å²) in [6, 6.07) is 7.53. The Hall–Kier alpha value is -1.35. The van der Waals surface area contributed by atoms with E-state index in [1.165, 1.54) is 0 Å². The molecule has 0 spiro atoms. The number of aromatic nitrogens is 1. The van der Waals surface area contributed by atoms with Crippen LogP contribution >= 0.6 is 35.3 Å². The van der Waals surface area contributed by atoms with Crippen molar-refractivity contribution in [1.29, 1.82) is 0 Å². The molecule has 2 rings (SSSR count). The Kier molecular flexibility index (Phi) is 7.44. The Morgan fingerprint density at radius 3 is 2.71 bits per heavy atom. The average molecular weight is 418 g/mol. The van der Waals surface area contributed by atoms with Gasteiger partial charge in [-0.25, -0.2) is 4.98 Å². The number of thiazole rings is 1. The molecule has 0 aliphatic rings. The SMILES string of the molecule is COc1ccc(NC(N)=NCC(C)c2nccs2)cc1.I. The van der Waals surface area contributed by atoms with Gasteiger partial charge in [-0.3, -0.25) is 4.99 Å². The molecule has 1 atom stereocenters. The molecule has 1 aromatic heterocycles. The van der Waals surface area contributed by atoms with Crippen molar-refractivity contribution in [1.82, 2.24) is 4.98 Å². The summed E-state index contributed by atoms with van der Waals surface area (Å²) in [5, 5.41) is 6.09. The number of benzene rings is 1. The van der Waals surface area contributed by atoms with E-state index in [9.17, 15) is 0 Å². The summed E-state index contributed by atoms with van der Waals surface area (Å²) in [6.07, 6.45) is 1.80. The number of rotatable bonds is 5. The van der Waals surface area contributed by atoms with Crippen molar-refractivity contribution < 1.29 is 4.74 Å². The van der Waals surface area contributed by atoms with Crippen LogP contribution in [0.25, 0.3) is 0 Å². The van der Waals surface area contributed by atoms with Crippen LogP contribution in [0.1, 0.15) is 17.8 Å². The quantitative estimate of drug-likeness (QED) is 0.444. The first-order valence-electron chi connectivity index (χ1n) is 6.29. The fourth-order valence-electron chi connectivity index (χ4n) is 1.65. The van der Waals surface area contributed by atoms with Gasteiger partial charge in [0, 0.05) is 23.2 Å². The van der Waals surface area contributed by atoms with Gasteiger partial charge in [-0.2, -0.15) is 0 Å². The van der Waals surface area contributed by atoms with Crippen LogP contribution in [0.15, 0.2) is 40.8 Å². The molecule has 0 saturated heterocycles. The highest BCUT2D eigenvalue weighted by atomic mass is 127. The van der Waals surface area contributed by atoms with Crippen LogP contribution in [0, 0.1) is 0 Å². The van der Waals surface area contributed by atoms with Gasteiger partial charge in [-0.15, -0.1) is 35.3 Å². The van der Waals surface area contributed by atoms with E-state index in [1.807, 2.05) is 29.6 Å². The maximum atomic E-state index is 5.87. The molecule has 1 unspecified atom stereocenters. The fraction of sp³-hybridized carbons (Fsp3) is 0.286. The third-order valence-electron chi connectivity index (χ3n) is 2.77. The van der Waals surface area contributed by atoms with E-state index in [2.05, 4.69) is 22.2 Å². The number of hydrogen-bond acceptors (Lipinski definition) is 4. The average Bonchev–Trinajstić information content (AvgIpc) is 3.00. The van der Waals surface area contributed by atoms with Gasteiger partial charge in [0.15, 0.2) is 5.96 Å². The van der Waals surface area contributed by atoms with Crippen molar-refractivity contribution in [3.05, 3.63) is 40.8 Å². The lowest BCUT2D eigenvalue weighted by Gasteiger charge is -2.08. The fourth-order valence-corrected chi connectivity index (χ4v) is 2.34. The number of halogens is 1. The van der Waals surface area contributed by atoms with Gasteiger partial charge in [0.05, 0.1) is 18.7 Å². The number of hydrogen-bond donors (Lipinski definition) is 2. The third kappa shape index (κ3) is 5.50. The molecular formula is C14H19IN4OS. The Labute approximate surface area is 145 Å². The molecule has 21 heavy (non-hydrogen) atoms. The van der Waals surface area contributed by atoms with Crippen LogP contribution in [0.5, 0.6) is 5.75 Å². The highest BCUT2D eigenvalue weighted by Crippen LogP contribution is 2.18. The molecule has 7 heteroatoms. The second-order valence-electron chi connectivity index (χ2n) is 4.35. The smallest absolute Gasteiger partial charge is 0.193 e. The van der Waals surface area contributed by atoms with Crippen LogP contribution in [0.2, 0.25) is 0 Å². The van der Waals surface area contributed by atoms with E-state index < -0.39 is 0 Å². The molecule has 0 radical (unpaired) electrons. The van der Waals surface area contributed by atoms with Gasteiger partial charge >= 0.3 is 0 Å². The first-order chi connectivity index (χ1) is 9.69. The largest absolute Gasteiger partial charge is 0.497 e. The van der Waals surface area contributed by atoms with Gasteiger partial charge in [-0.1, -0.05) is 6.92 Å². The highest BCUT2D eigenvalue weighted by molar-refractivity contribution is 14.0. The van der Waals surface area contributed by atoms with E-state index >= 15 is 0 Å². The van der Waals surface area contributed by atoms with Gasteiger partial charge in [0.2, 0.25) is 0 Å². The lowest BCUT2D eigenvalue weighted by atomic mass is 10.2. The Balaban J connectivity index is 0.00000220. The summed E-state index contributed by atoms with van der Waals surface area (Å²) >= 11 is 1.64. The Bertz CT molecular complexity index is 557. The van der Waals surface area contributed by atoms with Crippen molar-refractivity contribution in [3.8, 4) is 5.75 Å². The number of anilines is 1. The second kappa shape index (κ2) is 8.83. The van der Waals surface area contributed by atoms with Crippen LogP contribution in [-0.4, -0.2) is 24.6 Å². The van der Waals surface area contributed by atoms with Gasteiger partial charge < -0.3 is 15.8 Å². The number of guanidine groups is 1. The summed E-state index contributed by atoms with van der Waals surface area (Å²) in [5.74, 6) is 1.48. The van der Waals surface area contributed by atoms with E-state index in [-0.39, 0.29) is 29.9 Å². The van der Waals surface area contributed by atoms with Crippen molar-refractivity contribution in [2.75, 3.05) is 19.0 Å². The van der Waals surface area contributed by atoms with Crippen molar-refractivity contribution >= 4 is 47.0 Å². The minimum absolute atomic E-state index is 0. The molecule has 114 valence electrons. The molecule has 0 aliphatic carbocycles. The number of aliphatic imine (C=N–C) groups is 1. The van der Waals surface area contributed by atoms with Crippen LogP contribution in [0.4, 0.5) is 5.69 Å². The molecule has 5 nitrogen and oxygen atoms in total. The minimum Gasteiger partial charge on any atom is -0.497 e. The number of nitrogens with zero attached hydrogens (tertiary/aromatic N) is 2. The molecule has 0 amide bonds. The van der Waals surface area contributed by atoms with Gasteiger partial charge in [0.25, 0.3) is 0 Å². The van der Waals surface area contributed by atoms with Crippen LogP contribution in [-0.2, 0) is 0 Å². The predicted molar refractivity (Wildman–Crippen MR) is 99.1 cm³/mol. The molecule has 3 N–H and O–H groups in total. The molecule has 1 heterocycles. The van der Waals surface area contributed by atoms with Gasteiger partial charge in [0.1, 0.15) is 5.75 Å². The summed E-state index contributed by atoms with van der Waals surface area (Å²) in [6.45, 7) is 2.70. The molecule has 0 saturated carbocycles. The zero-order chi connectivity index (χ0) is 14.4. The van der Waals surface area contributed by atoms with Crippen molar-refractivity contribution in [3.63, 3.8) is 0 Å². The lowest BCUT2D eigenvalue weighted by molar-refractivity contribution is 0.415. The molecule has 0 fully saturated rings. The topological polar surface area (TPSA) is 72.5 Å². The molecule has 0 bridgehead atoms. The number of nitrogens with two attached hydrogens (primary N) is 1. The number of nitrogens with one attached hydrogen (secondary N) is 1. The summed E-state index contributed by atoms with van der Waals surface area (Å²) in [7, 11) is 1.64. The summed E-state index contributed by atoms with van der Waals surface area (Å²) in [5.41, 5.74) is 6.75. The van der Waals surface area contributed by atoms with Crippen molar-refractivity contribution in [2.24, 2.45) is 10.7 Å². The normalized spacial score (nSPS) is 12.4. The number of ether oxygens (including phenoxy) is 1. The monoisotopic (exact) mass is 418 g/mol. The first kappa shape index (κ1) is 17.7. The number of methoxy groups -OCH3 is 1. The standard InChI is InChI=1S/C14H18N4OS.HI/c1-10(13-16-7-8-20-13)9-17-14(15)18-11-3-5-12(19-2)6-4-11;/h3-8,10H,9H2,1-2H3,(H3,15,17,18);1H. The molecule has 2 aromatic rings. The lowest BCUT2D eigenvalue weighted by Crippen LogP contribution is -2.23. The molecule has 0 aliphatic heterocycles. The predicted octanol–water partition coefficient (Wildman–Crippen LogP) is 3.30. The summed E-state index contributed by atoms with van der Waals surface area (Å²) < 4.78 is 5.10. The highest BCUT2D eigenvalue weighted by Gasteiger charge is 2.07. The van der Waals surface area contributed by atoms with E-state index in [4.69, 9.17) is 10.5 Å². The zero-order valence-corrected chi connectivity index (χ0v) is 15.1. The Morgan fingerprint density at radius 1 is 1.43 bits per heavy atom. The Morgan fingerprint density at radius 2 is 2.14 bits per heavy atom. The molecule has 1 aromatic carbocycles. The molecular weight excluding hydrogens is 399 g/mol. The maximum absolute atomic E-state index is 5.87. The zero-order valence-electron chi connectivity index (χ0n) is 11.9. The maximum Gasteiger partial charge on any atom is 0.193 e. The summed E-state index contributed by atoms with van der Waals surface area (Å²) in [4.78, 5) is 8.61. The minimum atomic E-state index is 0.